The molecule has 0 atom stereocenters. The van der Waals surface area contributed by atoms with E-state index in [2.05, 4.69) is 4.90 Å². The molecular weight excluding hydrogens is 314 g/mol. The predicted octanol–water partition coefficient (Wildman–Crippen LogP) is 3.88. The Morgan fingerprint density at radius 2 is 1.52 bits per heavy atom. The highest BCUT2D eigenvalue weighted by molar-refractivity contribution is 5.77. The van der Waals surface area contributed by atoms with Crippen LogP contribution in [0.3, 0.4) is 0 Å². The Morgan fingerprint density at radius 3 is 2.20 bits per heavy atom. The molecule has 5 nitrogen and oxygen atoms in total. The van der Waals surface area contributed by atoms with E-state index in [1.807, 2.05) is 56.3 Å². The number of para-hydroxylation sites is 3. The highest BCUT2D eigenvalue weighted by atomic mass is 16.5. The largest absolute Gasteiger partial charge is 0.435 e. The lowest BCUT2D eigenvalue weighted by atomic mass is 10.1. The molecule has 0 bridgehead atoms. The monoisotopic (exact) mass is 335 g/mol. The zero-order chi connectivity index (χ0) is 17.2. The van der Waals surface area contributed by atoms with Crippen molar-refractivity contribution in [3.63, 3.8) is 0 Å². The van der Waals surface area contributed by atoms with Crippen LogP contribution in [0.5, 0.6) is 11.6 Å². The number of aryl methyl sites for hydroxylation is 2. The predicted molar refractivity (Wildman–Crippen MR) is 98.6 cm³/mol. The Labute approximate surface area is 147 Å². The van der Waals surface area contributed by atoms with Crippen molar-refractivity contribution in [2.45, 2.75) is 13.8 Å². The summed E-state index contributed by atoms with van der Waals surface area (Å²) in [6, 6.07) is 14.0. The molecule has 2 heterocycles. The van der Waals surface area contributed by atoms with Crippen molar-refractivity contribution in [3.8, 4) is 11.6 Å². The molecule has 1 aliphatic heterocycles. The summed E-state index contributed by atoms with van der Waals surface area (Å²) in [6.45, 7) is 7.05. The van der Waals surface area contributed by atoms with Crippen LogP contribution < -0.4 is 9.64 Å². The number of hydrogen-bond acceptors (Lipinski definition) is 5. The van der Waals surface area contributed by atoms with Gasteiger partial charge in [0.1, 0.15) is 5.75 Å². The summed E-state index contributed by atoms with van der Waals surface area (Å²) in [5, 5.41) is 0. The molecule has 5 heteroatoms. The number of benzene rings is 2. The smallest absolute Gasteiger partial charge is 0.263 e. The van der Waals surface area contributed by atoms with Crippen molar-refractivity contribution in [2.75, 3.05) is 31.2 Å². The van der Waals surface area contributed by atoms with Crippen LogP contribution >= 0.6 is 0 Å². The van der Waals surface area contributed by atoms with Crippen molar-refractivity contribution in [2.24, 2.45) is 0 Å². The van der Waals surface area contributed by atoms with Gasteiger partial charge in [-0.25, -0.2) is 9.97 Å². The fraction of sp³-hybridized carbons (Fsp3) is 0.300. The zero-order valence-corrected chi connectivity index (χ0v) is 14.5. The molecule has 1 fully saturated rings. The van der Waals surface area contributed by atoms with E-state index in [1.165, 1.54) is 0 Å². The van der Waals surface area contributed by atoms with Crippen molar-refractivity contribution < 1.29 is 9.47 Å². The van der Waals surface area contributed by atoms with Crippen LogP contribution in [0.2, 0.25) is 0 Å². The van der Waals surface area contributed by atoms with Crippen molar-refractivity contribution in [1.29, 1.82) is 0 Å². The number of ether oxygens (including phenoxy) is 2. The molecule has 0 spiro atoms. The van der Waals surface area contributed by atoms with E-state index in [0.717, 1.165) is 46.8 Å². The summed E-state index contributed by atoms with van der Waals surface area (Å²) in [7, 11) is 0. The van der Waals surface area contributed by atoms with Gasteiger partial charge in [0.05, 0.1) is 24.2 Å². The van der Waals surface area contributed by atoms with E-state index in [-0.39, 0.29) is 0 Å². The van der Waals surface area contributed by atoms with Gasteiger partial charge in [-0.2, -0.15) is 0 Å². The lowest BCUT2D eigenvalue weighted by Crippen LogP contribution is -2.37. The SMILES string of the molecule is Cc1cccc(C)c1Oc1nc2ccccc2nc1N1CCOCC1. The summed E-state index contributed by atoms with van der Waals surface area (Å²) < 4.78 is 11.8. The van der Waals surface area contributed by atoms with E-state index >= 15 is 0 Å². The molecule has 0 radical (unpaired) electrons. The van der Waals surface area contributed by atoms with Gasteiger partial charge in [-0.05, 0) is 37.1 Å². The molecule has 4 rings (SSSR count). The Bertz CT molecular complexity index is 884. The zero-order valence-electron chi connectivity index (χ0n) is 14.5. The standard InChI is InChI=1S/C20H21N3O2/c1-14-6-5-7-15(2)18(14)25-20-19(23-10-12-24-13-11-23)21-16-8-3-4-9-17(16)22-20/h3-9H,10-13H2,1-2H3. The van der Waals surface area contributed by atoms with Crippen LogP contribution in [0.1, 0.15) is 11.1 Å². The normalized spacial score (nSPS) is 14.7. The van der Waals surface area contributed by atoms with Gasteiger partial charge in [-0.1, -0.05) is 30.3 Å². The van der Waals surface area contributed by atoms with Gasteiger partial charge >= 0.3 is 0 Å². The minimum Gasteiger partial charge on any atom is -0.435 e. The Morgan fingerprint density at radius 1 is 0.880 bits per heavy atom. The summed E-state index contributed by atoms with van der Waals surface area (Å²) >= 11 is 0. The average Bonchev–Trinajstić information content (AvgIpc) is 2.65. The van der Waals surface area contributed by atoms with Crippen LogP contribution in [-0.2, 0) is 4.74 Å². The molecule has 128 valence electrons. The first-order chi connectivity index (χ1) is 12.2. The molecule has 0 saturated carbocycles. The number of aromatic nitrogens is 2. The number of nitrogens with zero attached hydrogens (tertiary/aromatic N) is 3. The molecule has 0 aliphatic carbocycles. The van der Waals surface area contributed by atoms with Crippen LogP contribution in [-0.4, -0.2) is 36.3 Å². The highest BCUT2D eigenvalue weighted by Gasteiger charge is 2.21. The maximum absolute atomic E-state index is 6.28. The number of morpholine rings is 1. The second-order valence-corrected chi connectivity index (χ2v) is 6.26. The van der Waals surface area contributed by atoms with Gasteiger partial charge < -0.3 is 14.4 Å². The molecule has 1 aromatic heterocycles. The Balaban J connectivity index is 1.82. The molecule has 3 aromatic rings. The first-order valence-corrected chi connectivity index (χ1v) is 8.56. The van der Waals surface area contributed by atoms with Crippen molar-refractivity contribution in [3.05, 3.63) is 53.6 Å². The molecule has 0 unspecified atom stereocenters. The van der Waals surface area contributed by atoms with Crippen LogP contribution in [0.4, 0.5) is 5.82 Å². The number of fused-ring (bicyclic) bond motifs is 1. The van der Waals surface area contributed by atoms with Gasteiger partial charge in [0.15, 0.2) is 5.82 Å². The second-order valence-electron chi connectivity index (χ2n) is 6.26. The third kappa shape index (κ3) is 3.15. The third-order valence-electron chi connectivity index (χ3n) is 4.44. The van der Waals surface area contributed by atoms with Gasteiger partial charge in [0.2, 0.25) is 0 Å². The summed E-state index contributed by atoms with van der Waals surface area (Å²) in [5.74, 6) is 2.18. The van der Waals surface area contributed by atoms with Crippen molar-refractivity contribution in [1.82, 2.24) is 9.97 Å². The lowest BCUT2D eigenvalue weighted by Gasteiger charge is -2.29. The number of hydrogen-bond donors (Lipinski definition) is 0. The molecule has 25 heavy (non-hydrogen) atoms. The Kier molecular flexibility index (Phi) is 4.24. The molecule has 0 amide bonds. The fourth-order valence-electron chi connectivity index (χ4n) is 3.08. The van der Waals surface area contributed by atoms with Crippen LogP contribution in [0, 0.1) is 13.8 Å². The molecule has 1 saturated heterocycles. The van der Waals surface area contributed by atoms with Crippen LogP contribution in [0.25, 0.3) is 11.0 Å². The van der Waals surface area contributed by atoms with E-state index in [9.17, 15) is 0 Å². The van der Waals surface area contributed by atoms with Crippen molar-refractivity contribution >= 4 is 16.9 Å². The molecule has 1 aliphatic rings. The first kappa shape index (κ1) is 15.8. The molecular formula is C20H21N3O2. The van der Waals surface area contributed by atoms with Gasteiger partial charge in [-0.3, -0.25) is 0 Å². The maximum atomic E-state index is 6.28. The fourth-order valence-corrected chi connectivity index (χ4v) is 3.08. The topological polar surface area (TPSA) is 47.5 Å². The number of rotatable bonds is 3. The van der Waals surface area contributed by atoms with E-state index in [1.54, 1.807) is 0 Å². The maximum Gasteiger partial charge on any atom is 0.263 e. The summed E-state index contributed by atoms with van der Waals surface area (Å²) in [4.78, 5) is 11.8. The quantitative estimate of drug-likeness (QED) is 0.727. The van der Waals surface area contributed by atoms with E-state index in [4.69, 9.17) is 19.4 Å². The summed E-state index contributed by atoms with van der Waals surface area (Å²) in [5.41, 5.74) is 3.88. The first-order valence-electron chi connectivity index (χ1n) is 8.56. The Hall–Kier alpha value is -2.66. The third-order valence-corrected chi connectivity index (χ3v) is 4.44. The molecule has 2 aromatic carbocycles. The minimum atomic E-state index is 0.554. The van der Waals surface area contributed by atoms with Crippen LogP contribution in [0.15, 0.2) is 42.5 Å². The van der Waals surface area contributed by atoms with Gasteiger partial charge in [0.25, 0.3) is 5.88 Å². The molecule has 0 N–H and O–H groups in total. The summed E-state index contributed by atoms with van der Waals surface area (Å²) in [6.07, 6.45) is 0. The highest BCUT2D eigenvalue weighted by Crippen LogP contribution is 2.34. The second kappa shape index (κ2) is 6.69. The lowest BCUT2D eigenvalue weighted by molar-refractivity contribution is 0.122. The minimum absolute atomic E-state index is 0.554. The van der Waals surface area contributed by atoms with Gasteiger partial charge in [0, 0.05) is 13.1 Å². The van der Waals surface area contributed by atoms with Gasteiger partial charge in [-0.15, -0.1) is 0 Å². The van der Waals surface area contributed by atoms with E-state index < -0.39 is 0 Å². The number of anilines is 1. The van der Waals surface area contributed by atoms with E-state index in [0.29, 0.717) is 19.1 Å². The average molecular weight is 335 g/mol.